The van der Waals surface area contributed by atoms with E-state index in [2.05, 4.69) is 0 Å². The first-order valence-corrected chi connectivity index (χ1v) is 3.41. The maximum atomic E-state index is 6.74. The van der Waals surface area contributed by atoms with Crippen molar-refractivity contribution < 1.29 is 0 Å². The van der Waals surface area contributed by atoms with E-state index in [4.69, 9.17) is 22.7 Å². The predicted molar refractivity (Wildman–Crippen MR) is 39.4 cm³/mol. The molecule has 2 nitrogen and oxygen atoms in total. The molecule has 0 spiro atoms. The molecule has 0 aliphatic heterocycles. The monoisotopic (exact) mass is 150 g/mol. The molecule has 0 amide bonds. The average molecular weight is 151 g/mol. The molecule has 0 unspecified atom stereocenters. The number of rotatable bonds is 2. The van der Waals surface area contributed by atoms with Gasteiger partial charge in [0.2, 0.25) is 0 Å². The molecule has 0 aromatic rings. The third-order valence-corrected chi connectivity index (χ3v) is 1.27. The highest BCUT2D eigenvalue weighted by atomic mass is 35.5. The van der Waals surface area contributed by atoms with E-state index in [-0.39, 0.29) is 5.17 Å². The third kappa shape index (κ3) is 5.85. The molecule has 0 atom stereocenters. The van der Waals surface area contributed by atoms with Crippen LogP contribution >= 0.6 is 23.4 Å². The molecule has 4 heteroatoms. The first-order chi connectivity index (χ1) is 3.77. The lowest BCUT2D eigenvalue weighted by atomic mass is 10.8. The van der Waals surface area contributed by atoms with Crippen LogP contribution in [0.1, 0.15) is 0 Å². The average Bonchev–Trinajstić information content (AvgIpc) is 1.66. The second-order valence-corrected chi connectivity index (χ2v) is 2.35. The summed E-state index contributed by atoms with van der Waals surface area (Å²) < 4.78 is 0. The molecule has 3 N–H and O–H groups in total. The van der Waals surface area contributed by atoms with Crippen molar-refractivity contribution in [3.8, 4) is 0 Å². The fraction of sp³-hybridized carbons (Fsp3) is 0.250. The van der Waals surface area contributed by atoms with Crippen molar-refractivity contribution in [2.24, 2.45) is 5.73 Å². The molecule has 0 aliphatic carbocycles. The van der Waals surface area contributed by atoms with Gasteiger partial charge in [-0.15, -0.1) is 0 Å². The molecule has 0 aromatic carbocycles. The minimum Gasteiger partial charge on any atom is -0.379 e. The highest BCUT2D eigenvalue weighted by molar-refractivity contribution is 8.13. The molecule has 8 heavy (non-hydrogen) atoms. The van der Waals surface area contributed by atoms with E-state index >= 15 is 0 Å². The summed E-state index contributed by atoms with van der Waals surface area (Å²) in [5, 5.41) is 6.86. The second kappa shape index (κ2) is 5.00. The fourth-order valence-corrected chi connectivity index (χ4v) is 0.741. The lowest BCUT2D eigenvalue weighted by molar-refractivity contribution is 1.50. The summed E-state index contributed by atoms with van der Waals surface area (Å²) in [6, 6.07) is 0. The predicted octanol–water partition coefficient (Wildman–Crippen LogP) is 1.37. The molecule has 0 fully saturated rings. The Kier molecular flexibility index (Phi) is 4.90. The van der Waals surface area contributed by atoms with Crippen LogP contribution in [-0.4, -0.2) is 10.9 Å². The standard InChI is InChI=1S/C4H7ClN2S/c5-2-1-3-8-4(6)7/h1-2H,3H2,(H3,6,7). The molecule has 0 rings (SSSR count). The van der Waals surface area contributed by atoms with Gasteiger partial charge < -0.3 is 5.73 Å². The summed E-state index contributed by atoms with van der Waals surface area (Å²) in [7, 11) is 0. The van der Waals surface area contributed by atoms with Crippen LogP contribution in [0.4, 0.5) is 0 Å². The van der Waals surface area contributed by atoms with E-state index in [9.17, 15) is 0 Å². The van der Waals surface area contributed by atoms with Crippen molar-refractivity contribution in [3.63, 3.8) is 0 Å². The summed E-state index contributed by atoms with van der Waals surface area (Å²) in [6.45, 7) is 0. The molecule has 46 valence electrons. The van der Waals surface area contributed by atoms with E-state index in [0.29, 0.717) is 5.75 Å². The van der Waals surface area contributed by atoms with Crippen LogP contribution in [0, 0.1) is 5.41 Å². The molecular formula is C4H7ClN2S. The van der Waals surface area contributed by atoms with E-state index in [1.807, 2.05) is 0 Å². The largest absolute Gasteiger partial charge is 0.379 e. The van der Waals surface area contributed by atoms with Crippen LogP contribution in [0.15, 0.2) is 11.6 Å². The van der Waals surface area contributed by atoms with Gasteiger partial charge >= 0.3 is 0 Å². The van der Waals surface area contributed by atoms with Crippen molar-refractivity contribution in [2.45, 2.75) is 0 Å². The van der Waals surface area contributed by atoms with Gasteiger partial charge in [0.05, 0.1) is 0 Å². The fourth-order valence-electron chi connectivity index (χ4n) is 0.174. The van der Waals surface area contributed by atoms with Crippen molar-refractivity contribution in [1.29, 1.82) is 5.41 Å². The Morgan fingerprint density at radius 2 is 2.50 bits per heavy atom. The van der Waals surface area contributed by atoms with Crippen LogP contribution in [0.5, 0.6) is 0 Å². The second-order valence-electron chi connectivity index (χ2n) is 1.04. The van der Waals surface area contributed by atoms with Crippen molar-refractivity contribution in [1.82, 2.24) is 0 Å². The number of nitrogens with one attached hydrogen (secondary N) is 1. The van der Waals surface area contributed by atoms with Gasteiger partial charge in [0.1, 0.15) is 0 Å². The topological polar surface area (TPSA) is 49.9 Å². The van der Waals surface area contributed by atoms with Crippen LogP contribution < -0.4 is 5.73 Å². The summed E-state index contributed by atoms with van der Waals surface area (Å²) in [6.07, 6.45) is 1.73. The number of halogens is 1. The first kappa shape index (κ1) is 7.85. The molecule has 0 radical (unpaired) electrons. The van der Waals surface area contributed by atoms with Gasteiger partial charge in [-0.2, -0.15) is 0 Å². The van der Waals surface area contributed by atoms with Crippen LogP contribution in [0.2, 0.25) is 0 Å². The van der Waals surface area contributed by atoms with E-state index in [0.717, 1.165) is 0 Å². The Morgan fingerprint density at radius 1 is 1.88 bits per heavy atom. The minimum atomic E-state index is 0.125. The lowest BCUT2D eigenvalue weighted by Crippen LogP contribution is -2.03. The van der Waals surface area contributed by atoms with Gasteiger partial charge in [0.15, 0.2) is 5.17 Å². The number of hydrogen-bond donors (Lipinski definition) is 2. The molecule has 0 heterocycles. The minimum absolute atomic E-state index is 0.125. The Bertz CT molecular complexity index is 102. The normalized spacial score (nSPS) is 10.1. The van der Waals surface area contributed by atoms with Gasteiger partial charge in [-0.1, -0.05) is 29.4 Å². The lowest BCUT2D eigenvalue weighted by Gasteiger charge is -1.87. The highest BCUT2D eigenvalue weighted by Gasteiger charge is 1.82. The summed E-state index contributed by atoms with van der Waals surface area (Å²) >= 11 is 6.43. The summed E-state index contributed by atoms with van der Waals surface area (Å²) in [4.78, 5) is 0. The zero-order valence-corrected chi connectivity index (χ0v) is 5.80. The Balaban J connectivity index is 3.05. The van der Waals surface area contributed by atoms with Gasteiger partial charge in [-0.25, -0.2) is 0 Å². The van der Waals surface area contributed by atoms with E-state index < -0.39 is 0 Å². The quantitative estimate of drug-likeness (QED) is 0.462. The zero-order valence-electron chi connectivity index (χ0n) is 4.23. The van der Waals surface area contributed by atoms with Gasteiger partial charge in [0, 0.05) is 11.3 Å². The third-order valence-electron chi connectivity index (χ3n) is 0.424. The summed E-state index contributed by atoms with van der Waals surface area (Å²) in [5.74, 6) is 0.679. The SMILES string of the molecule is N=C(N)SCC=CCl. The van der Waals surface area contributed by atoms with Gasteiger partial charge in [0.25, 0.3) is 0 Å². The molecule has 0 saturated carbocycles. The van der Waals surface area contributed by atoms with Crippen molar-refractivity contribution in [2.75, 3.05) is 5.75 Å². The smallest absolute Gasteiger partial charge is 0.151 e. The molecule has 0 aliphatic rings. The number of thioether (sulfide) groups is 1. The van der Waals surface area contributed by atoms with Gasteiger partial charge in [-0.05, 0) is 0 Å². The number of nitrogens with two attached hydrogens (primary N) is 1. The Labute approximate surface area is 57.6 Å². The number of amidine groups is 1. The zero-order chi connectivity index (χ0) is 6.41. The van der Waals surface area contributed by atoms with E-state index in [1.165, 1.54) is 17.3 Å². The van der Waals surface area contributed by atoms with Crippen LogP contribution in [0.25, 0.3) is 0 Å². The first-order valence-electron chi connectivity index (χ1n) is 1.99. The maximum absolute atomic E-state index is 6.74. The Morgan fingerprint density at radius 3 is 2.88 bits per heavy atom. The van der Waals surface area contributed by atoms with Gasteiger partial charge in [-0.3, -0.25) is 5.41 Å². The maximum Gasteiger partial charge on any atom is 0.151 e. The van der Waals surface area contributed by atoms with Crippen LogP contribution in [-0.2, 0) is 0 Å². The van der Waals surface area contributed by atoms with E-state index in [1.54, 1.807) is 6.08 Å². The molecule has 0 bridgehead atoms. The molecule has 0 saturated heterocycles. The molecule has 0 aromatic heterocycles. The summed E-state index contributed by atoms with van der Waals surface area (Å²) in [5.41, 5.74) is 6.42. The van der Waals surface area contributed by atoms with Crippen LogP contribution in [0.3, 0.4) is 0 Å². The van der Waals surface area contributed by atoms with Crippen molar-refractivity contribution in [3.05, 3.63) is 11.6 Å². The Hall–Kier alpha value is -0.150. The highest BCUT2D eigenvalue weighted by Crippen LogP contribution is 1.97. The number of hydrogen-bond acceptors (Lipinski definition) is 2. The molecular weight excluding hydrogens is 144 g/mol. The van der Waals surface area contributed by atoms with Crippen molar-refractivity contribution >= 4 is 28.5 Å².